The fourth-order valence-corrected chi connectivity index (χ4v) is 8.22. The second kappa shape index (κ2) is 11.2. The Labute approximate surface area is 286 Å². The summed E-state index contributed by atoms with van der Waals surface area (Å²) in [6.45, 7) is 0. The molecule has 10 rings (SSSR count). The molecular formula is C45H27N3S. The van der Waals surface area contributed by atoms with Crippen LogP contribution in [0.1, 0.15) is 0 Å². The molecule has 2 heterocycles. The number of hydrogen-bond donors (Lipinski definition) is 0. The van der Waals surface area contributed by atoms with Crippen LogP contribution in [0, 0.1) is 0 Å². The van der Waals surface area contributed by atoms with Crippen molar-refractivity contribution in [2.75, 3.05) is 0 Å². The van der Waals surface area contributed by atoms with Crippen LogP contribution >= 0.6 is 11.3 Å². The number of hydrogen-bond acceptors (Lipinski definition) is 4. The highest BCUT2D eigenvalue weighted by atomic mass is 32.1. The van der Waals surface area contributed by atoms with E-state index in [2.05, 4.69) is 146 Å². The molecule has 8 aromatic carbocycles. The molecule has 0 aliphatic heterocycles. The van der Waals surface area contributed by atoms with Gasteiger partial charge >= 0.3 is 0 Å². The minimum atomic E-state index is 0.661. The number of rotatable bonds is 4. The molecule has 0 spiro atoms. The fourth-order valence-electron chi connectivity index (χ4n) is 7.23. The molecule has 228 valence electrons. The summed E-state index contributed by atoms with van der Waals surface area (Å²) in [5.74, 6) is 2.02. The van der Waals surface area contributed by atoms with Crippen molar-refractivity contribution in [1.82, 2.24) is 15.0 Å². The van der Waals surface area contributed by atoms with Crippen molar-refractivity contribution < 1.29 is 0 Å². The van der Waals surface area contributed by atoms with Crippen LogP contribution in [0.15, 0.2) is 164 Å². The first kappa shape index (κ1) is 27.8. The Hall–Kier alpha value is -6.23. The Morgan fingerprint density at radius 1 is 0.347 bits per heavy atom. The Bertz CT molecular complexity index is 2840. The van der Waals surface area contributed by atoms with Crippen molar-refractivity contribution in [1.29, 1.82) is 0 Å². The van der Waals surface area contributed by atoms with E-state index in [1.165, 1.54) is 58.7 Å². The topological polar surface area (TPSA) is 38.7 Å². The standard InChI is InChI=1S/C45H27N3S/c1-2-12-29(13-3-1)43-46-44(48-45(47-43)41-26-31-14-4-11-21-40(31)49-41)30-24-22-28(23-25-30)38-27-39-34-17-6-5-15-32(34)33-16-7-9-19-36(33)42(39)37-20-10-8-18-35(37)38/h1-27H. The quantitative estimate of drug-likeness (QED) is 0.180. The van der Waals surface area contributed by atoms with E-state index in [9.17, 15) is 0 Å². The van der Waals surface area contributed by atoms with Gasteiger partial charge in [0.25, 0.3) is 0 Å². The van der Waals surface area contributed by atoms with Crippen LogP contribution < -0.4 is 0 Å². The molecule has 0 unspecified atom stereocenters. The van der Waals surface area contributed by atoms with Gasteiger partial charge in [-0.1, -0.05) is 146 Å². The Kier molecular flexibility index (Phi) is 6.36. The Balaban J connectivity index is 1.15. The van der Waals surface area contributed by atoms with Crippen molar-refractivity contribution in [2.45, 2.75) is 0 Å². The van der Waals surface area contributed by atoms with E-state index in [-0.39, 0.29) is 0 Å². The van der Waals surface area contributed by atoms with Crippen LogP contribution in [-0.2, 0) is 0 Å². The molecule has 0 aliphatic carbocycles. The van der Waals surface area contributed by atoms with Crippen LogP contribution in [0.4, 0.5) is 0 Å². The van der Waals surface area contributed by atoms with E-state index in [0.29, 0.717) is 17.5 Å². The molecule has 0 radical (unpaired) electrons. The largest absolute Gasteiger partial charge is 0.208 e. The molecule has 49 heavy (non-hydrogen) atoms. The maximum absolute atomic E-state index is 5.04. The van der Waals surface area contributed by atoms with Crippen molar-refractivity contribution in [3.8, 4) is 44.6 Å². The van der Waals surface area contributed by atoms with Crippen LogP contribution in [0.3, 0.4) is 0 Å². The summed E-state index contributed by atoms with van der Waals surface area (Å²) < 4.78 is 1.22. The molecule has 0 amide bonds. The fraction of sp³-hybridized carbons (Fsp3) is 0. The van der Waals surface area contributed by atoms with Gasteiger partial charge in [0.05, 0.1) is 4.88 Å². The molecule has 0 aliphatic rings. The van der Waals surface area contributed by atoms with Crippen LogP contribution in [0.5, 0.6) is 0 Å². The molecule has 10 aromatic rings. The maximum atomic E-state index is 5.04. The van der Waals surface area contributed by atoms with Gasteiger partial charge in [-0.25, -0.2) is 15.0 Å². The lowest BCUT2D eigenvalue weighted by atomic mass is 9.87. The highest BCUT2D eigenvalue weighted by molar-refractivity contribution is 7.22. The Morgan fingerprint density at radius 3 is 1.53 bits per heavy atom. The highest BCUT2D eigenvalue weighted by Crippen LogP contribution is 2.43. The zero-order valence-electron chi connectivity index (χ0n) is 26.3. The molecular weight excluding hydrogens is 615 g/mol. The predicted octanol–water partition coefficient (Wildman–Crippen LogP) is 12.4. The normalized spacial score (nSPS) is 11.7. The molecule has 3 nitrogen and oxygen atoms in total. The van der Waals surface area contributed by atoms with Gasteiger partial charge < -0.3 is 0 Å². The van der Waals surface area contributed by atoms with Gasteiger partial charge in [0.15, 0.2) is 17.5 Å². The van der Waals surface area contributed by atoms with Crippen LogP contribution in [0.25, 0.3) is 97.8 Å². The summed E-state index contributed by atoms with van der Waals surface area (Å²) in [5.41, 5.74) is 4.28. The zero-order valence-corrected chi connectivity index (χ0v) is 27.2. The lowest BCUT2D eigenvalue weighted by Gasteiger charge is -2.16. The average molecular weight is 642 g/mol. The van der Waals surface area contributed by atoms with E-state index < -0.39 is 0 Å². The molecule has 0 saturated carbocycles. The van der Waals surface area contributed by atoms with E-state index in [0.717, 1.165) is 21.6 Å². The molecule has 0 atom stereocenters. The van der Waals surface area contributed by atoms with Gasteiger partial charge in [0.2, 0.25) is 0 Å². The number of fused-ring (bicyclic) bond motifs is 9. The van der Waals surface area contributed by atoms with E-state index >= 15 is 0 Å². The third-order valence-electron chi connectivity index (χ3n) is 9.52. The monoisotopic (exact) mass is 641 g/mol. The molecule has 0 N–H and O–H groups in total. The molecule has 2 aromatic heterocycles. The maximum Gasteiger partial charge on any atom is 0.174 e. The first-order valence-electron chi connectivity index (χ1n) is 16.4. The number of aromatic nitrogens is 3. The summed E-state index contributed by atoms with van der Waals surface area (Å²) in [6.07, 6.45) is 0. The summed E-state index contributed by atoms with van der Waals surface area (Å²) in [6, 6.07) is 58.2. The van der Waals surface area contributed by atoms with Crippen LogP contribution in [-0.4, -0.2) is 15.0 Å². The predicted molar refractivity (Wildman–Crippen MR) is 207 cm³/mol. The number of benzene rings is 8. The van der Waals surface area contributed by atoms with Gasteiger partial charge in [0, 0.05) is 15.8 Å². The van der Waals surface area contributed by atoms with Gasteiger partial charge in [-0.3, -0.25) is 0 Å². The van der Waals surface area contributed by atoms with Gasteiger partial charge in [-0.15, -0.1) is 11.3 Å². The third-order valence-corrected chi connectivity index (χ3v) is 10.6. The summed E-state index contributed by atoms with van der Waals surface area (Å²) >= 11 is 1.71. The first-order chi connectivity index (χ1) is 24.3. The van der Waals surface area contributed by atoms with E-state index in [4.69, 9.17) is 15.0 Å². The van der Waals surface area contributed by atoms with E-state index in [1.54, 1.807) is 11.3 Å². The summed E-state index contributed by atoms with van der Waals surface area (Å²) in [5, 5.41) is 11.4. The smallest absolute Gasteiger partial charge is 0.174 e. The second-order valence-corrected chi connectivity index (χ2v) is 13.5. The highest BCUT2D eigenvalue weighted by Gasteiger charge is 2.17. The van der Waals surface area contributed by atoms with Gasteiger partial charge in [0.1, 0.15) is 0 Å². The number of thiophene rings is 1. The molecule has 0 saturated heterocycles. The van der Waals surface area contributed by atoms with Crippen molar-refractivity contribution in [2.24, 2.45) is 0 Å². The van der Waals surface area contributed by atoms with Crippen molar-refractivity contribution in [3.05, 3.63) is 164 Å². The molecule has 0 bridgehead atoms. The Morgan fingerprint density at radius 2 is 0.837 bits per heavy atom. The van der Waals surface area contributed by atoms with Crippen molar-refractivity contribution >= 4 is 64.5 Å². The lowest BCUT2D eigenvalue weighted by Crippen LogP contribution is -1.99. The van der Waals surface area contributed by atoms with Crippen LogP contribution in [0.2, 0.25) is 0 Å². The van der Waals surface area contributed by atoms with Gasteiger partial charge in [-0.05, 0) is 77.8 Å². The van der Waals surface area contributed by atoms with Crippen molar-refractivity contribution in [3.63, 3.8) is 0 Å². The van der Waals surface area contributed by atoms with E-state index in [1.807, 2.05) is 18.2 Å². The number of nitrogens with zero attached hydrogens (tertiary/aromatic N) is 3. The third kappa shape index (κ3) is 4.61. The SMILES string of the molecule is c1ccc(-c2nc(-c3ccc(-c4cc5c6ccccc6c6ccccc6c5c5ccccc45)cc3)nc(-c3cc4ccccc4s3)n2)cc1. The minimum Gasteiger partial charge on any atom is -0.208 e. The van der Waals surface area contributed by atoms with Gasteiger partial charge in [-0.2, -0.15) is 0 Å². The molecule has 0 fully saturated rings. The zero-order chi connectivity index (χ0) is 32.3. The lowest BCUT2D eigenvalue weighted by molar-refractivity contribution is 1.08. The second-order valence-electron chi connectivity index (χ2n) is 12.4. The summed E-state index contributed by atoms with van der Waals surface area (Å²) in [7, 11) is 0. The molecule has 4 heteroatoms. The first-order valence-corrected chi connectivity index (χ1v) is 17.3. The summed E-state index contributed by atoms with van der Waals surface area (Å²) in [4.78, 5) is 16.0. The minimum absolute atomic E-state index is 0.661. The average Bonchev–Trinajstić information content (AvgIpc) is 3.63.